The lowest BCUT2D eigenvalue weighted by molar-refractivity contribution is 0.252. The molecule has 0 fully saturated rings. The van der Waals surface area contributed by atoms with Gasteiger partial charge in [-0.05, 0) is 37.6 Å². The summed E-state index contributed by atoms with van der Waals surface area (Å²) in [6.07, 6.45) is 1.71. The number of benzene rings is 2. The molecular formula is C16H15N3O. The molecule has 4 heteroatoms. The lowest BCUT2D eigenvalue weighted by Crippen LogP contribution is -2.20. The van der Waals surface area contributed by atoms with Gasteiger partial charge in [0, 0.05) is 11.1 Å². The van der Waals surface area contributed by atoms with Crippen LogP contribution in [0.25, 0.3) is 10.9 Å². The Kier molecular flexibility index (Phi) is 2.99. The van der Waals surface area contributed by atoms with E-state index in [0.29, 0.717) is 0 Å². The zero-order chi connectivity index (χ0) is 14.1. The van der Waals surface area contributed by atoms with Gasteiger partial charge in [-0.1, -0.05) is 29.8 Å². The molecule has 0 spiro atoms. The minimum Gasteiger partial charge on any atom is -0.306 e. The minimum atomic E-state index is -0.252. The van der Waals surface area contributed by atoms with Crippen molar-refractivity contribution in [3.8, 4) is 0 Å². The second-order valence-electron chi connectivity index (χ2n) is 4.86. The maximum atomic E-state index is 12.3. The van der Waals surface area contributed by atoms with Crippen molar-refractivity contribution in [2.75, 3.05) is 5.32 Å². The molecule has 1 amide bonds. The molecule has 3 rings (SSSR count). The summed E-state index contributed by atoms with van der Waals surface area (Å²) in [6, 6.07) is 13.3. The summed E-state index contributed by atoms with van der Waals surface area (Å²) < 4.78 is 1.39. The van der Waals surface area contributed by atoms with Crippen molar-refractivity contribution in [1.29, 1.82) is 0 Å². The first kappa shape index (κ1) is 12.4. The van der Waals surface area contributed by atoms with Crippen LogP contribution < -0.4 is 5.32 Å². The van der Waals surface area contributed by atoms with Gasteiger partial charge in [0.1, 0.15) is 0 Å². The molecule has 0 bridgehead atoms. The van der Waals surface area contributed by atoms with Gasteiger partial charge in [0.05, 0.1) is 11.7 Å². The maximum Gasteiger partial charge on any atom is 0.347 e. The molecule has 0 saturated carbocycles. The van der Waals surface area contributed by atoms with Crippen LogP contribution in [0.15, 0.2) is 48.7 Å². The number of carbonyl (C=O) groups is 1. The topological polar surface area (TPSA) is 46.9 Å². The lowest BCUT2D eigenvalue weighted by Gasteiger charge is -2.08. The third kappa shape index (κ3) is 2.16. The van der Waals surface area contributed by atoms with E-state index in [1.165, 1.54) is 4.68 Å². The highest BCUT2D eigenvalue weighted by Gasteiger charge is 2.11. The van der Waals surface area contributed by atoms with Gasteiger partial charge in [0.2, 0.25) is 0 Å². The average molecular weight is 265 g/mol. The number of rotatable bonds is 1. The first-order valence-electron chi connectivity index (χ1n) is 6.46. The summed E-state index contributed by atoms with van der Waals surface area (Å²) in [5, 5.41) is 8.01. The quantitative estimate of drug-likeness (QED) is 0.728. The Morgan fingerprint density at radius 1 is 1.15 bits per heavy atom. The van der Waals surface area contributed by atoms with E-state index in [1.54, 1.807) is 6.20 Å². The molecule has 0 radical (unpaired) electrons. The van der Waals surface area contributed by atoms with Crippen LogP contribution in [0.1, 0.15) is 11.1 Å². The van der Waals surface area contributed by atoms with E-state index >= 15 is 0 Å². The molecule has 1 aromatic heterocycles. The number of amides is 1. The summed E-state index contributed by atoms with van der Waals surface area (Å²) in [7, 11) is 0. The highest BCUT2D eigenvalue weighted by atomic mass is 16.2. The van der Waals surface area contributed by atoms with Gasteiger partial charge in [-0.15, -0.1) is 0 Å². The molecule has 0 aliphatic rings. The third-order valence-corrected chi connectivity index (χ3v) is 3.30. The lowest BCUT2D eigenvalue weighted by atomic mass is 10.2. The number of aryl methyl sites for hydroxylation is 2. The number of nitrogens with one attached hydrogen (secondary N) is 1. The van der Waals surface area contributed by atoms with Crippen molar-refractivity contribution in [2.24, 2.45) is 0 Å². The predicted molar refractivity (Wildman–Crippen MR) is 80.1 cm³/mol. The second kappa shape index (κ2) is 4.81. The number of carbonyl (C=O) groups excluding carboxylic acids is 1. The molecule has 0 aliphatic heterocycles. The van der Waals surface area contributed by atoms with Crippen molar-refractivity contribution in [1.82, 2.24) is 9.78 Å². The van der Waals surface area contributed by atoms with Crippen LogP contribution >= 0.6 is 0 Å². The molecule has 0 saturated heterocycles. The van der Waals surface area contributed by atoms with Crippen LogP contribution in [0.4, 0.5) is 10.5 Å². The fourth-order valence-electron chi connectivity index (χ4n) is 2.20. The van der Waals surface area contributed by atoms with Crippen LogP contribution in [-0.2, 0) is 0 Å². The fourth-order valence-corrected chi connectivity index (χ4v) is 2.20. The van der Waals surface area contributed by atoms with Gasteiger partial charge >= 0.3 is 6.03 Å². The Morgan fingerprint density at radius 2 is 1.95 bits per heavy atom. The zero-order valence-corrected chi connectivity index (χ0v) is 11.4. The van der Waals surface area contributed by atoms with Crippen LogP contribution in [0.2, 0.25) is 0 Å². The average Bonchev–Trinajstić information content (AvgIpc) is 2.84. The van der Waals surface area contributed by atoms with E-state index in [-0.39, 0.29) is 6.03 Å². The summed E-state index contributed by atoms with van der Waals surface area (Å²) in [4.78, 5) is 12.3. The van der Waals surface area contributed by atoms with E-state index < -0.39 is 0 Å². The van der Waals surface area contributed by atoms with Gasteiger partial charge in [-0.2, -0.15) is 9.78 Å². The van der Waals surface area contributed by atoms with Crippen LogP contribution in [0.5, 0.6) is 0 Å². The molecule has 2 aromatic carbocycles. The van der Waals surface area contributed by atoms with E-state index in [0.717, 1.165) is 27.7 Å². The van der Waals surface area contributed by atoms with Crippen molar-refractivity contribution < 1.29 is 4.79 Å². The summed E-state index contributed by atoms with van der Waals surface area (Å²) in [5.41, 5.74) is 3.78. The summed E-state index contributed by atoms with van der Waals surface area (Å²) >= 11 is 0. The summed E-state index contributed by atoms with van der Waals surface area (Å²) in [6.45, 7) is 3.98. The minimum absolute atomic E-state index is 0.252. The van der Waals surface area contributed by atoms with Crippen molar-refractivity contribution in [2.45, 2.75) is 13.8 Å². The van der Waals surface area contributed by atoms with Gasteiger partial charge in [0.25, 0.3) is 0 Å². The van der Waals surface area contributed by atoms with Crippen molar-refractivity contribution in [3.05, 3.63) is 59.8 Å². The van der Waals surface area contributed by atoms with Gasteiger partial charge in [0.15, 0.2) is 0 Å². The second-order valence-corrected chi connectivity index (χ2v) is 4.86. The van der Waals surface area contributed by atoms with E-state index in [1.807, 2.05) is 56.3 Å². The maximum absolute atomic E-state index is 12.3. The first-order valence-corrected chi connectivity index (χ1v) is 6.46. The third-order valence-electron chi connectivity index (χ3n) is 3.30. The molecule has 100 valence electrons. The molecule has 4 nitrogen and oxygen atoms in total. The first-order chi connectivity index (χ1) is 9.65. The number of hydrogen-bond acceptors (Lipinski definition) is 2. The van der Waals surface area contributed by atoms with E-state index in [9.17, 15) is 4.79 Å². The Morgan fingerprint density at radius 3 is 2.75 bits per heavy atom. The highest BCUT2D eigenvalue weighted by molar-refractivity contribution is 5.97. The molecule has 0 aliphatic carbocycles. The van der Waals surface area contributed by atoms with E-state index in [4.69, 9.17) is 0 Å². The van der Waals surface area contributed by atoms with Crippen molar-refractivity contribution >= 4 is 22.6 Å². The largest absolute Gasteiger partial charge is 0.347 e. The van der Waals surface area contributed by atoms with Crippen molar-refractivity contribution in [3.63, 3.8) is 0 Å². The number of hydrogen-bond donors (Lipinski definition) is 1. The Balaban J connectivity index is 1.95. The van der Waals surface area contributed by atoms with Gasteiger partial charge < -0.3 is 5.32 Å². The molecule has 0 atom stereocenters. The number of anilines is 1. The summed E-state index contributed by atoms with van der Waals surface area (Å²) in [5.74, 6) is 0. The molecule has 1 heterocycles. The normalized spacial score (nSPS) is 10.7. The van der Waals surface area contributed by atoms with Crippen LogP contribution in [0, 0.1) is 13.8 Å². The molecular weight excluding hydrogens is 250 g/mol. The Bertz CT molecular complexity index is 789. The van der Waals surface area contributed by atoms with Crippen LogP contribution in [-0.4, -0.2) is 15.8 Å². The monoisotopic (exact) mass is 265 g/mol. The molecule has 0 unspecified atom stereocenters. The molecule has 1 N–H and O–H groups in total. The highest BCUT2D eigenvalue weighted by Crippen LogP contribution is 2.17. The standard InChI is InChI=1S/C16H15N3O/c1-11-7-8-15-13(9-11)10-17-19(15)16(20)18-14-6-4-3-5-12(14)2/h3-10H,1-2H3,(H,18,20). The van der Waals surface area contributed by atoms with Crippen LogP contribution in [0.3, 0.4) is 0 Å². The number of para-hydroxylation sites is 1. The fraction of sp³-hybridized carbons (Fsp3) is 0.125. The zero-order valence-electron chi connectivity index (χ0n) is 11.4. The molecule has 20 heavy (non-hydrogen) atoms. The predicted octanol–water partition coefficient (Wildman–Crippen LogP) is 3.73. The number of aromatic nitrogens is 2. The van der Waals surface area contributed by atoms with Gasteiger partial charge in [-0.25, -0.2) is 4.79 Å². The number of fused-ring (bicyclic) bond motifs is 1. The Hall–Kier alpha value is -2.62. The number of nitrogens with zero attached hydrogens (tertiary/aromatic N) is 2. The van der Waals surface area contributed by atoms with E-state index in [2.05, 4.69) is 10.4 Å². The SMILES string of the molecule is Cc1ccc2c(cnn2C(=O)Nc2ccccc2C)c1. The van der Waals surface area contributed by atoms with Gasteiger partial charge in [-0.3, -0.25) is 0 Å². The Labute approximate surface area is 117 Å². The smallest absolute Gasteiger partial charge is 0.306 e. The molecule has 3 aromatic rings.